The van der Waals surface area contributed by atoms with Crippen molar-refractivity contribution < 1.29 is 38.5 Å². The predicted molar refractivity (Wildman–Crippen MR) is 157 cm³/mol. The van der Waals surface area contributed by atoms with Gasteiger partial charge < -0.3 is 24.6 Å². The highest BCUT2D eigenvalue weighted by Gasteiger charge is 2.32. The van der Waals surface area contributed by atoms with Crippen molar-refractivity contribution in [2.45, 2.75) is 77.9 Å². The van der Waals surface area contributed by atoms with Crippen molar-refractivity contribution in [3.63, 3.8) is 0 Å². The maximum absolute atomic E-state index is 12.6. The summed E-state index contributed by atoms with van der Waals surface area (Å²) in [5.41, 5.74) is 2.78. The maximum Gasteiger partial charge on any atom is 0.419 e. The molecule has 3 rings (SSSR count). The van der Waals surface area contributed by atoms with Crippen LogP contribution in [0.5, 0.6) is 0 Å². The molecule has 0 bridgehead atoms. The highest BCUT2D eigenvalue weighted by atomic mass is 16.6. The van der Waals surface area contributed by atoms with Gasteiger partial charge in [0.25, 0.3) is 0 Å². The van der Waals surface area contributed by atoms with Crippen LogP contribution in [0.25, 0.3) is 11.1 Å². The van der Waals surface area contributed by atoms with Crippen molar-refractivity contribution >= 4 is 24.2 Å². The van der Waals surface area contributed by atoms with Crippen LogP contribution in [0.3, 0.4) is 0 Å². The summed E-state index contributed by atoms with van der Waals surface area (Å²) in [7, 11) is 0. The number of fused-ring (bicyclic) bond motifs is 3. The van der Waals surface area contributed by atoms with Crippen molar-refractivity contribution in [3.05, 3.63) is 59.7 Å². The minimum Gasteiger partial charge on any atom is -0.481 e. The Morgan fingerprint density at radius 1 is 0.833 bits per heavy atom. The molecule has 228 valence electrons. The number of carbonyl (C=O) groups excluding carboxylic acids is 3. The zero-order valence-electron chi connectivity index (χ0n) is 25.3. The van der Waals surface area contributed by atoms with Crippen LogP contribution in [0.15, 0.2) is 48.5 Å². The van der Waals surface area contributed by atoms with E-state index in [0.717, 1.165) is 27.2 Å². The van der Waals surface area contributed by atoms with Crippen LogP contribution in [-0.2, 0) is 19.0 Å². The van der Waals surface area contributed by atoms with E-state index in [1.807, 2.05) is 48.5 Å². The first kappa shape index (κ1) is 32.4. The third-order valence-corrected chi connectivity index (χ3v) is 6.60. The van der Waals surface area contributed by atoms with E-state index in [9.17, 15) is 24.3 Å². The zero-order valence-corrected chi connectivity index (χ0v) is 25.3. The number of nitrogens with zero attached hydrogens (tertiary/aromatic N) is 1. The van der Waals surface area contributed by atoms with Crippen molar-refractivity contribution in [3.8, 4) is 11.1 Å². The molecule has 0 fully saturated rings. The Kier molecular flexibility index (Phi) is 10.6. The molecule has 10 heteroatoms. The molecule has 0 spiro atoms. The number of ether oxygens (including phenoxy) is 3. The summed E-state index contributed by atoms with van der Waals surface area (Å²) in [4.78, 5) is 50.5. The van der Waals surface area contributed by atoms with E-state index in [1.54, 1.807) is 41.5 Å². The Labute approximate surface area is 247 Å². The van der Waals surface area contributed by atoms with Crippen molar-refractivity contribution in [1.82, 2.24) is 10.2 Å². The van der Waals surface area contributed by atoms with Gasteiger partial charge in [-0.1, -0.05) is 55.0 Å². The van der Waals surface area contributed by atoms with E-state index in [-0.39, 0.29) is 32.0 Å². The summed E-state index contributed by atoms with van der Waals surface area (Å²) in [6.07, 6.45) is -1.43. The third-order valence-electron chi connectivity index (χ3n) is 6.60. The molecule has 0 aromatic heterocycles. The first-order valence-corrected chi connectivity index (χ1v) is 14.2. The summed E-state index contributed by atoms with van der Waals surface area (Å²) in [6, 6.07) is 16.0. The van der Waals surface area contributed by atoms with E-state index in [0.29, 0.717) is 12.8 Å². The molecule has 0 heterocycles. The molecule has 42 heavy (non-hydrogen) atoms. The van der Waals surface area contributed by atoms with Gasteiger partial charge in [0, 0.05) is 19.0 Å². The number of rotatable bonds is 10. The smallest absolute Gasteiger partial charge is 0.419 e. The molecule has 1 aliphatic carbocycles. The van der Waals surface area contributed by atoms with Gasteiger partial charge in [-0.2, -0.15) is 0 Å². The number of hydrogen-bond acceptors (Lipinski definition) is 7. The van der Waals surface area contributed by atoms with Crippen LogP contribution in [0.2, 0.25) is 0 Å². The molecule has 10 nitrogen and oxygen atoms in total. The SMILES string of the molecule is CC(C)(C)OC(=O)N(CCCC[C@@H](CNC(=O)OCC1c2ccccc2-c2ccccc21)C(=O)O)C(=O)OC(C)(C)C. The summed E-state index contributed by atoms with van der Waals surface area (Å²) >= 11 is 0. The number of amides is 3. The van der Waals surface area contributed by atoms with E-state index in [2.05, 4.69) is 5.32 Å². The van der Waals surface area contributed by atoms with Gasteiger partial charge in [-0.05, 0) is 76.6 Å². The van der Waals surface area contributed by atoms with E-state index < -0.39 is 41.4 Å². The number of carboxylic acids is 1. The largest absolute Gasteiger partial charge is 0.481 e. The number of hydrogen-bond donors (Lipinski definition) is 2. The Hall–Kier alpha value is -4.08. The molecular formula is C32H42N2O8. The molecule has 3 amide bonds. The quantitative estimate of drug-likeness (QED) is 0.238. The van der Waals surface area contributed by atoms with Gasteiger partial charge in [0.15, 0.2) is 0 Å². The molecule has 0 aliphatic heterocycles. The van der Waals surface area contributed by atoms with E-state index >= 15 is 0 Å². The first-order valence-electron chi connectivity index (χ1n) is 14.2. The van der Waals surface area contributed by atoms with Gasteiger partial charge in [0.2, 0.25) is 0 Å². The predicted octanol–water partition coefficient (Wildman–Crippen LogP) is 6.57. The Morgan fingerprint density at radius 3 is 1.81 bits per heavy atom. The molecule has 2 N–H and O–H groups in total. The third kappa shape index (κ3) is 9.22. The Bertz CT molecular complexity index is 1200. The fraction of sp³-hybridized carbons (Fsp3) is 0.500. The van der Waals surface area contributed by atoms with E-state index in [1.165, 1.54) is 0 Å². The summed E-state index contributed by atoms with van der Waals surface area (Å²) in [5, 5.41) is 12.3. The van der Waals surface area contributed by atoms with Gasteiger partial charge in [0.1, 0.15) is 17.8 Å². The van der Waals surface area contributed by atoms with Crippen molar-refractivity contribution in [2.24, 2.45) is 5.92 Å². The number of alkyl carbamates (subject to hydrolysis) is 1. The number of carboxylic acid groups (broad SMARTS) is 1. The zero-order chi connectivity index (χ0) is 31.1. The minimum absolute atomic E-state index is 0.00400. The lowest BCUT2D eigenvalue weighted by molar-refractivity contribution is -0.141. The Morgan fingerprint density at radius 2 is 1.33 bits per heavy atom. The fourth-order valence-electron chi connectivity index (χ4n) is 4.72. The van der Waals surface area contributed by atoms with Gasteiger partial charge in [-0.25, -0.2) is 19.3 Å². The molecule has 0 unspecified atom stereocenters. The van der Waals surface area contributed by atoms with Crippen LogP contribution >= 0.6 is 0 Å². The molecule has 1 aliphatic rings. The molecule has 0 saturated carbocycles. The van der Waals surface area contributed by atoms with Gasteiger partial charge in [0.05, 0.1) is 5.92 Å². The second-order valence-electron chi connectivity index (χ2n) is 12.3. The lowest BCUT2D eigenvalue weighted by Gasteiger charge is -2.28. The number of aliphatic carboxylic acids is 1. The number of carbonyl (C=O) groups is 4. The number of unbranched alkanes of at least 4 members (excludes halogenated alkanes) is 1. The van der Waals surface area contributed by atoms with Crippen LogP contribution in [0, 0.1) is 5.92 Å². The lowest BCUT2D eigenvalue weighted by Crippen LogP contribution is -2.44. The number of imide groups is 1. The average molecular weight is 583 g/mol. The molecule has 1 atom stereocenters. The molecule has 0 saturated heterocycles. The number of benzene rings is 2. The van der Waals surface area contributed by atoms with Gasteiger partial charge >= 0.3 is 24.2 Å². The highest BCUT2D eigenvalue weighted by molar-refractivity contribution is 5.88. The first-order chi connectivity index (χ1) is 19.7. The Balaban J connectivity index is 1.50. The van der Waals surface area contributed by atoms with Crippen LogP contribution in [-0.4, -0.2) is 65.2 Å². The summed E-state index contributed by atoms with van der Waals surface area (Å²) in [5.74, 6) is -2.04. The van der Waals surface area contributed by atoms with Crippen molar-refractivity contribution in [1.29, 1.82) is 0 Å². The lowest BCUT2D eigenvalue weighted by atomic mass is 9.98. The summed E-state index contributed by atoms with van der Waals surface area (Å²) < 4.78 is 16.2. The summed E-state index contributed by atoms with van der Waals surface area (Å²) in [6.45, 7) is 10.2. The topological polar surface area (TPSA) is 131 Å². The maximum atomic E-state index is 12.6. The van der Waals surface area contributed by atoms with E-state index in [4.69, 9.17) is 14.2 Å². The van der Waals surface area contributed by atoms with Crippen molar-refractivity contribution in [2.75, 3.05) is 19.7 Å². The number of nitrogens with one attached hydrogen (secondary N) is 1. The minimum atomic E-state index is -1.06. The van der Waals surface area contributed by atoms with Crippen LogP contribution in [0.1, 0.15) is 77.8 Å². The molecular weight excluding hydrogens is 540 g/mol. The highest BCUT2D eigenvalue weighted by Crippen LogP contribution is 2.44. The normalized spacial score (nSPS) is 13.4. The second-order valence-corrected chi connectivity index (χ2v) is 12.3. The fourth-order valence-corrected chi connectivity index (χ4v) is 4.72. The van der Waals surface area contributed by atoms with Gasteiger partial charge in [-0.3, -0.25) is 4.79 Å². The molecule has 0 radical (unpaired) electrons. The van der Waals surface area contributed by atoms with Crippen LogP contribution < -0.4 is 5.32 Å². The molecule has 2 aromatic rings. The van der Waals surface area contributed by atoms with Crippen LogP contribution in [0.4, 0.5) is 14.4 Å². The second kappa shape index (κ2) is 13.7. The molecule has 2 aromatic carbocycles. The average Bonchev–Trinajstić information content (AvgIpc) is 3.20. The van der Waals surface area contributed by atoms with Gasteiger partial charge in [-0.15, -0.1) is 0 Å². The standard InChI is InChI=1S/C32H42N2O8/c1-31(2,3)41-29(38)34(30(39)42-32(4,5)6)18-12-11-13-21(27(35)36)19-33-28(37)40-20-26-24-16-9-7-14-22(24)23-15-8-10-17-25(23)26/h7-10,14-17,21,26H,11-13,18-20H2,1-6H3,(H,33,37)(H,35,36)/t21-/m0/s1. The monoisotopic (exact) mass is 582 g/mol.